The van der Waals surface area contributed by atoms with Crippen LogP contribution >= 0.6 is 0 Å². The molecule has 0 radical (unpaired) electrons. The van der Waals surface area contributed by atoms with Crippen LogP contribution in [0.2, 0.25) is 0 Å². The maximum Gasteiger partial charge on any atom is 0.242 e. The third-order valence-corrected chi connectivity index (χ3v) is 3.44. The van der Waals surface area contributed by atoms with Gasteiger partial charge in [0.1, 0.15) is 0 Å². The molecule has 1 heterocycles. The number of nitrogens with zero attached hydrogens (tertiary/aromatic N) is 3. The van der Waals surface area contributed by atoms with Gasteiger partial charge < -0.3 is 9.84 Å². The van der Waals surface area contributed by atoms with Gasteiger partial charge in [0.2, 0.25) is 5.88 Å². The van der Waals surface area contributed by atoms with Crippen LogP contribution in [0.3, 0.4) is 0 Å². The standard InChI is InChI=1S/C17H23N3O2/c1-16(2,3)11-9-12(17(4,5)6)15(21)13(10-11)22-14-7-8-18-20-19-14/h7-10,21H,1-6H3. The van der Waals surface area contributed by atoms with Gasteiger partial charge in [0.05, 0.1) is 6.20 Å². The zero-order valence-electron chi connectivity index (χ0n) is 14.0. The van der Waals surface area contributed by atoms with Gasteiger partial charge in [-0.3, -0.25) is 0 Å². The molecule has 2 aromatic rings. The molecule has 0 fully saturated rings. The van der Waals surface area contributed by atoms with E-state index in [1.807, 2.05) is 12.1 Å². The van der Waals surface area contributed by atoms with E-state index < -0.39 is 0 Å². The van der Waals surface area contributed by atoms with Crippen molar-refractivity contribution in [2.24, 2.45) is 0 Å². The van der Waals surface area contributed by atoms with E-state index in [1.54, 1.807) is 6.07 Å². The van der Waals surface area contributed by atoms with Crippen LogP contribution in [0, 0.1) is 0 Å². The van der Waals surface area contributed by atoms with Crippen molar-refractivity contribution in [2.45, 2.75) is 52.4 Å². The Morgan fingerprint density at radius 1 is 1.00 bits per heavy atom. The fraction of sp³-hybridized carbons (Fsp3) is 0.471. The fourth-order valence-corrected chi connectivity index (χ4v) is 2.09. The van der Waals surface area contributed by atoms with Crippen molar-refractivity contribution in [2.75, 3.05) is 0 Å². The second kappa shape index (κ2) is 5.55. The highest BCUT2D eigenvalue weighted by Gasteiger charge is 2.26. The number of ether oxygens (including phenoxy) is 1. The summed E-state index contributed by atoms with van der Waals surface area (Å²) in [6, 6.07) is 5.50. The van der Waals surface area contributed by atoms with Crippen LogP contribution in [-0.4, -0.2) is 20.5 Å². The van der Waals surface area contributed by atoms with E-state index >= 15 is 0 Å². The molecule has 0 saturated heterocycles. The summed E-state index contributed by atoms with van der Waals surface area (Å²) in [7, 11) is 0. The molecular formula is C17H23N3O2. The Hall–Kier alpha value is -2.17. The van der Waals surface area contributed by atoms with E-state index in [1.165, 1.54) is 6.20 Å². The molecule has 0 saturated carbocycles. The van der Waals surface area contributed by atoms with Crippen molar-refractivity contribution in [3.8, 4) is 17.4 Å². The van der Waals surface area contributed by atoms with Crippen molar-refractivity contribution in [3.05, 3.63) is 35.5 Å². The Bertz CT molecular complexity index is 656. The SMILES string of the molecule is CC(C)(C)c1cc(Oc2ccnnn2)c(O)c(C(C)(C)C)c1. The summed E-state index contributed by atoms with van der Waals surface area (Å²) in [4.78, 5) is 0. The fourth-order valence-electron chi connectivity index (χ4n) is 2.09. The number of hydrogen-bond acceptors (Lipinski definition) is 5. The molecule has 118 valence electrons. The quantitative estimate of drug-likeness (QED) is 0.909. The van der Waals surface area contributed by atoms with E-state index in [2.05, 4.69) is 57.0 Å². The van der Waals surface area contributed by atoms with E-state index in [0.29, 0.717) is 11.6 Å². The van der Waals surface area contributed by atoms with Gasteiger partial charge in [0, 0.05) is 11.6 Å². The summed E-state index contributed by atoms with van der Waals surface area (Å²) in [5.41, 5.74) is 1.67. The van der Waals surface area contributed by atoms with Crippen LogP contribution in [0.1, 0.15) is 52.7 Å². The maximum atomic E-state index is 10.6. The largest absolute Gasteiger partial charge is 0.504 e. The van der Waals surface area contributed by atoms with Gasteiger partial charge in [-0.2, -0.15) is 0 Å². The van der Waals surface area contributed by atoms with Crippen molar-refractivity contribution in [1.29, 1.82) is 0 Å². The summed E-state index contributed by atoms with van der Waals surface area (Å²) in [6.07, 6.45) is 1.50. The highest BCUT2D eigenvalue weighted by atomic mass is 16.5. The third kappa shape index (κ3) is 3.53. The summed E-state index contributed by atoms with van der Waals surface area (Å²) < 4.78 is 5.72. The zero-order chi connectivity index (χ0) is 16.5. The number of phenols is 1. The van der Waals surface area contributed by atoms with Crippen molar-refractivity contribution >= 4 is 0 Å². The smallest absolute Gasteiger partial charge is 0.242 e. The zero-order valence-corrected chi connectivity index (χ0v) is 14.0. The van der Waals surface area contributed by atoms with Crippen molar-refractivity contribution < 1.29 is 9.84 Å². The highest BCUT2D eigenvalue weighted by molar-refractivity contribution is 5.53. The first kappa shape index (κ1) is 16.2. The first-order valence-electron chi connectivity index (χ1n) is 7.29. The molecule has 0 amide bonds. The molecule has 5 nitrogen and oxygen atoms in total. The second-order valence-corrected chi connectivity index (χ2v) is 7.43. The normalized spacial score (nSPS) is 12.3. The molecule has 22 heavy (non-hydrogen) atoms. The number of rotatable bonds is 2. The minimum atomic E-state index is -0.201. The Balaban J connectivity index is 2.57. The van der Waals surface area contributed by atoms with Crippen molar-refractivity contribution in [1.82, 2.24) is 15.4 Å². The van der Waals surface area contributed by atoms with Crippen LogP contribution in [-0.2, 0) is 10.8 Å². The first-order valence-corrected chi connectivity index (χ1v) is 7.29. The van der Waals surface area contributed by atoms with Crippen molar-refractivity contribution in [3.63, 3.8) is 0 Å². The third-order valence-electron chi connectivity index (χ3n) is 3.44. The van der Waals surface area contributed by atoms with E-state index in [-0.39, 0.29) is 16.6 Å². The Kier molecular flexibility index (Phi) is 4.09. The van der Waals surface area contributed by atoms with Gasteiger partial charge in [-0.15, -0.1) is 5.10 Å². The number of aromatic nitrogens is 3. The predicted octanol–water partition coefficient (Wildman–Crippen LogP) is 3.96. The number of phenolic OH excluding ortho intramolecular Hbond substituents is 1. The van der Waals surface area contributed by atoms with E-state index in [0.717, 1.165) is 11.1 Å². The summed E-state index contributed by atoms with van der Waals surface area (Å²) >= 11 is 0. The first-order chi connectivity index (χ1) is 10.1. The monoisotopic (exact) mass is 301 g/mol. The topological polar surface area (TPSA) is 68.1 Å². The highest BCUT2D eigenvalue weighted by Crippen LogP contribution is 2.42. The van der Waals surface area contributed by atoms with Crippen LogP contribution in [0.4, 0.5) is 0 Å². The number of benzene rings is 1. The molecular weight excluding hydrogens is 278 g/mol. The summed E-state index contributed by atoms with van der Waals surface area (Å²) in [5, 5.41) is 21.6. The van der Waals surface area contributed by atoms with Crippen LogP contribution in [0.15, 0.2) is 24.4 Å². The molecule has 0 atom stereocenters. The van der Waals surface area contributed by atoms with E-state index in [9.17, 15) is 5.11 Å². The van der Waals surface area contributed by atoms with Gasteiger partial charge >= 0.3 is 0 Å². The molecule has 0 bridgehead atoms. The molecule has 1 aromatic heterocycles. The summed E-state index contributed by atoms with van der Waals surface area (Å²) in [6.45, 7) is 12.6. The average molecular weight is 301 g/mol. The number of aromatic hydroxyl groups is 1. The average Bonchev–Trinajstić information content (AvgIpc) is 2.39. The molecule has 0 unspecified atom stereocenters. The lowest BCUT2D eigenvalue weighted by Gasteiger charge is -2.27. The molecule has 0 spiro atoms. The minimum absolute atomic E-state index is 0.0598. The van der Waals surface area contributed by atoms with Gasteiger partial charge in [-0.05, 0) is 27.7 Å². The molecule has 5 heteroatoms. The van der Waals surface area contributed by atoms with Crippen LogP contribution < -0.4 is 4.74 Å². The maximum absolute atomic E-state index is 10.6. The summed E-state index contributed by atoms with van der Waals surface area (Å²) in [5.74, 6) is 0.827. The molecule has 1 N–H and O–H groups in total. The molecule has 0 aliphatic carbocycles. The minimum Gasteiger partial charge on any atom is -0.504 e. The second-order valence-electron chi connectivity index (χ2n) is 7.43. The van der Waals surface area contributed by atoms with Gasteiger partial charge in [0.15, 0.2) is 11.5 Å². The van der Waals surface area contributed by atoms with Gasteiger partial charge in [-0.25, -0.2) is 0 Å². The lowest BCUT2D eigenvalue weighted by atomic mass is 9.80. The Morgan fingerprint density at radius 3 is 2.18 bits per heavy atom. The lowest BCUT2D eigenvalue weighted by molar-refractivity contribution is 0.382. The molecule has 0 aliphatic heterocycles. The number of hydrogen-bond donors (Lipinski definition) is 1. The molecule has 2 rings (SSSR count). The molecule has 1 aromatic carbocycles. The Morgan fingerprint density at radius 2 is 1.68 bits per heavy atom. The predicted molar refractivity (Wildman–Crippen MR) is 85.4 cm³/mol. The van der Waals surface area contributed by atoms with Gasteiger partial charge in [0.25, 0.3) is 0 Å². The van der Waals surface area contributed by atoms with Crippen LogP contribution in [0.5, 0.6) is 17.4 Å². The van der Waals surface area contributed by atoms with Gasteiger partial charge in [-0.1, -0.05) is 52.7 Å². The van der Waals surface area contributed by atoms with E-state index in [4.69, 9.17) is 4.74 Å². The molecule has 0 aliphatic rings. The Labute approximate surface area is 131 Å². The van der Waals surface area contributed by atoms with Crippen LogP contribution in [0.25, 0.3) is 0 Å². The lowest BCUT2D eigenvalue weighted by Crippen LogP contribution is -2.17.